The van der Waals surface area contributed by atoms with Crippen molar-refractivity contribution in [1.82, 2.24) is 4.98 Å². The highest BCUT2D eigenvalue weighted by molar-refractivity contribution is 5.99. The molecule has 3 aromatic rings. The van der Waals surface area contributed by atoms with Gasteiger partial charge in [-0.15, -0.1) is 0 Å². The second kappa shape index (κ2) is 8.21. The number of nitrogens with one attached hydrogen (secondary N) is 1. The molecular formula is C23H26N4. The molecule has 1 saturated heterocycles. The number of rotatable bonds is 4. The van der Waals surface area contributed by atoms with E-state index in [-0.39, 0.29) is 0 Å². The second-order valence-corrected chi connectivity index (χ2v) is 7.15. The third-order valence-electron chi connectivity index (χ3n) is 5.19. The van der Waals surface area contributed by atoms with Crippen LogP contribution in [0.2, 0.25) is 0 Å². The minimum atomic E-state index is 0.759. The molecule has 1 aromatic heterocycles. The van der Waals surface area contributed by atoms with Crippen LogP contribution < -0.4 is 10.3 Å². The lowest BCUT2D eigenvalue weighted by Crippen LogP contribution is -2.23. The fourth-order valence-electron chi connectivity index (χ4n) is 3.58. The topological polar surface area (TPSA) is 40.5 Å². The molecule has 1 aliphatic rings. The molecule has 0 amide bonds. The van der Waals surface area contributed by atoms with Crippen molar-refractivity contribution in [3.8, 4) is 0 Å². The number of nitrogens with zero attached hydrogens (tertiary/aromatic N) is 3. The number of hydrazone groups is 1. The summed E-state index contributed by atoms with van der Waals surface area (Å²) >= 11 is 0. The number of hydrogen-bond donors (Lipinski definition) is 1. The summed E-state index contributed by atoms with van der Waals surface area (Å²) in [6.07, 6.45) is 5.31. The minimum absolute atomic E-state index is 0.759. The van der Waals surface area contributed by atoms with Gasteiger partial charge in [0.15, 0.2) is 0 Å². The Labute approximate surface area is 160 Å². The molecule has 27 heavy (non-hydrogen) atoms. The van der Waals surface area contributed by atoms with Crippen LogP contribution in [-0.4, -0.2) is 23.8 Å². The van der Waals surface area contributed by atoms with Gasteiger partial charge in [-0.05, 0) is 55.7 Å². The Morgan fingerprint density at radius 2 is 1.63 bits per heavy atom. The molecule has 1 N–H and O–H groups in total. The SMILES string of the molecule is C/C(=N/Nc1ccc2ccccc2n1)c1ccc(N2CCCCCC2)cc1. The maximum atomic E-state index is 4.60. The first-order valence-corrected chi connectivity index (χ1v) is 9.81. The summed E-state index contributed by atoms with van der Waals surface area (Å²) in [7, 11) is 0. The van der Waals surface area contributed by atoms with Crippen LogP contribution >= 0.6 is 0 Å². The average molecular weight is 358 g/mol. The molecule has 0 saturated carbocycles. The number of aromatic nitrogens is 1. The standard InChI is InChI=1S/C23H26N4/c1-18(25-26-23-15-12-20-8-4-5-9-22(20)24-23)19-10-13-21(14-11-19)27-16-6-2-3-7-17-27/h4-5,8-15H,2-3,6-7,16-17H2,1H3,(H,24,26)/b25-18-. The average Bonchev–Trinajstić information content (AvgIpc) is 3.01. The van der Waals surface area contributed by atoms with Crippen molar-refractivity contribution in [2.75, 3.05) is 23.4 Å². The summed E-state index contributed by atoms with van der Waals surface area (Å²) in [5.41, 5.74) is 7.45. The molecule has 0 radical (unpaired) electrons. The molecule has 0 spiro atoms. The largest absolute Gasteiger partial charge is 0.372 e. The Bertz CT molecular complexity index is 923. The minimum Gasteiger partial charge on any atom is -0.372 e. The monoisotopic (exact) mass is 358 g/mol. The van der Waals surface area contributed by atoms with Crippen LogP contribution in [-0.2, 0) is 0 Å². The third-order valence-corrected chi connectivity index (χ3v) is 5.19. The number of benzene rings is 2. The Kier molecular flexibility index (Phi) is 5.33. The number of pyridine rings is 1. The lowest BCUT2D eigenvalue weighted by molar-refractivity contribution is 0.726. The highest BCUT2D eigenvalue weighted by atomic mass is 15.3. The molecular weight excluding hydrogens is 332 g/mol. The van der Waals surface area contributed by atoms with Gasteiger partial charge in [0.1, 0.15) is 5.82 Å². The summed E-state index contributed by atoms with van der Waals surface area (Å²) < 4.78 is 0. The summed E-state index contributed by atoms with van der Waals surface area (Å²) in [6, 6.07) is 20.9. The van der Waals surface area contributed by atoms with Gasteiger partial charge in [0.25, 0.3) is 0 Å². The van der Waals surface area contributed by atoms with Crippen molar-refractivity contribution < 1.29 is 0 Å². The van der Waals surface area contributed by atoms with Crippen molar-refractivity contribution in [3.05, 3.63) is 66.2 Å². The van der Waals surface area contributed by atoms with Crippen LogP contribution in [0, 0.1) is 0 Å². The maximum Gasteiger partial charge on any atom is 0.146 e. The van der Waals surface area contributed by atoms with Crippen LogP contribution in [0.3, 0.4) is 0 Å². The Hall–Kier alpha value is -2.88. The predicted molar refractivity (Wildman–Crippen MR) is 115 cm³/mol. The van der Waals surface area contributed by atoms with E-state index in [0.29, 0.717) is 0 Å². The fourth-order valence-corrected chi connectivity index (χ4v) is 3.58. The van der Waals surface area contributed by atoms with Gasteiger partial charge in [-0.25, -0.2) is 4.98 Å². The zero-order chi connectivity index (χ0) is 18.5. The normalized spacial score (nSPS) is 15.6. The molecule has 138 valence electrons. The smallest absolute Gasteiger partial charge is 0.146 e. The summed E-state index contributed by atoms with van der Waals surface area (Å²) in [4.78, 5) is 7.10. The van der Waals surface area contributed by atoms with Gasteiger partial charge < -0.3 is 4.90 Å². The van der Waals surface area contributed by atoms with E-state index in [1.54, 1.807) is 0 Å². The van der Waals surface area contributed by atoms with E-state index < -0.39 is 0 Å². The highest BCUT2D eigenvalue weighted by Crippen LogP contribution is 2.20. The predicted octanol–water partition coefficient (Wildman–Crippen LogP) is 5.45. The van der Waals surface area contributed by atoms with E-state index in [1.807, 2.05) is 31.2 Å². The van der Waals surface area contributed by atoms with Crippen molar-refractivity contribution in [2.24, 2.45) is 5.10 Å². The number of para-hydroxylation sites is 1. The second-order valence-electron chi connectivity index (χ2n) is 7.15. The Morgan fingerprint density at radius 3 is 2.41 bits per heavy atom. The maximum absolute atomic E-state index is 4.60. The lowest BCUT2D eigenvalue weighted by atomic mass is 10.1. The van der Waals surface area contributed by atoms with Crippen molar-refractivity contribution >= 4 is 28.1 Å². The Morgan fingerprint density at radius 1 is 0.889 bits per heavy atom. The van der Waals surface area contributed by atoms with Crippen molar-refractivity contribution in [1.29, 1.82) is 0 Å². The first-order chi connectivity index (χ1) is 13.3. The first-order valence-electron chi connectivity index (χ1n) is 9.81. The van der Waals surface area contributed by atoms with E-state index in [9.17, 15) is 0 Å². The zero-order valence-corrected chi connectivity index (χ0v) is 15.9. The zero-order valence-electron chi connectivity index (χ0n) is 15.9. The van der Waals surface area contributed by atoms with Gasteiger partial charge in [0, 0.05) is 24.2 Å². The van der Waals surface area contributed by atoms with E-state index >= 15 is 0 Å². The van der Waals surface area contributed by atoms with Gasteiger partial charge in [-0.1, -0.05) is 43.2 Å². The van der Waals surface area contributed by atoms with Gasteiger partial charge in [-0.3, -0.25) is 5.43 Å². The molecule has 4 rings (SSSR count). The van der Waals surface area contributed by atoms with E-state index in [4.69, 9.17) is 0 Å². The molecule has 4 heteroatoms. The molecule has 2 heterocycles. The van der Waals surface area contributed by atoms with E-state index in [0.717, 1.165) is 28.0 Å². The quantitative estimate of drug-likeness (QED) is 0.498. The summed E-state index contributed by atoms with van der Waals surface area (Å²) in [6.45, 7) is 4.36. The molecule has 1 aliphatic heterocycles. The van der Waals surface area contributed by atoms with Gasteiger partial charge in [-0.2, -0.15) is 5.10 Å². The van der Waals surface area contributed by atoms with Crippen LogP contribution in [0.4, 0.5) is 11.5 Å². The van der Waals surface area contributed by atoms with Crippen LogP contribution in [0.5, 0.6) is 0 Å². The fraction of sp³-hybridized carbons (Fsp3) is 0.304. The van der Waals surface area contributed by atoms with Crippen LogP contribution in [0.25, 0.3) is 10.9 Å². The Balaban J connectivity index is 1.45. The summed E-state index contributed by atoms with van der Waals surface area (Å²) in [5.74, 6) is 0.759. The highest BCUT2D eigenvalue weighted by Gasteiger charge is 2.10. The van der Waals surface area contributed by atoms with E-state index in [2.05, 4.69) is 56.8 Å². The van der Waals surface area contributed by atoms with Crippen molar-refractivity contribution in [2.45, 2.75) is 32.6 Å². The molecule has 4 nitrogen and oxygen atoms in total. The molecule has 0 unspecified atom stereocenters. The molecule has 1 fully saturated rings. The third kappa shape index (κ3) is 4.27. The molecule has 0 atom stereocenters. The number of fused-ring (bicyclic) bond motifs is 1. The molecule has 2 aromatic carbocycles. The first kappa shape index (κ1) is 17.5. The van der Waals surface area contributed by atoms with Gasteiger partial charge in [0.2, 0.25) is 0 Å². The number of anilines is 2. The van der Waals surface area contributed by atoms with E-state index in [1.165, 1.54) is 44.5 Å². The summed E-state index contributed by atoms with van der Waals surface area (Å²) in [5, 5.41) is 5.65. The molecule has 0 aliphatic carbocycles. The van der Waals surface area contributed by atoms with Crippen molar-refractivity contribution in [3.63, 3.8) is 0 Å². The van der Waals surface area contributed by atoms with Gasteiger partial charge >= 0.3 is 0 Å². The van der Waals surface area contributed by atoms with Crippen LogP contribution in [0.1, 0.15) is 38.2 Å². The van der Waals surface area contributed by atoms with Crippen LogP contribution in [0.15, 0.2) is 65.8 Å². The number of hydrogen-bond acceptors (Lipinski definition) is 4. The lowest BCUT2D eigenvalue weighted by Gasteiger charge is -2.22. The molecule has 0 bridgehead atoms. The van der Waals surface area contributed by atoms with Gasteiger partial charge in [0.05, 0.1) is 11.2 Å².